The second kappa shape index (κ2) is 16.4. The predicted molar refractivity (Wildman–Crippen MR) is 178 cm³/mol. The maximum Gasteiger partial charge on any atom is 0.311 e. The molecule has 0 bridgehead atoms. The highest BCUT2D eigenvalue weighted by Gasteiger charge is 2.50. The lowest BCUT2D eigenvalue weighted by Crippen LogP contribution is -2.60. The second-order valence-electron chi connectivity index (χ2n) is 14.8. The van der Waals surface area contributed by atoms with E-state index in [1.54, 1.807) is 27.7 Å². The van der Waals surface area contributed by atoms with E-state index in [0.29, 0.717) is 12.1 Å². The summed E-state index contributed by atoms with van der Waals surface area (Å²) in [4.78, 5) is 12.8. The number of carbonyl (C=O) groups is 1. The summed E-state index contributed by atoms with van der Waals surface area (Å²) >= 11 is 0. The number of ether oxygens (including phenoxy) is 3. The van der Waals surface area contributed by atoms with Gasteiger partial charge >= 0.3 is 5.97 Å². The molecule has 16 heteroatoms. The maximum atomic E-state index is 14.0. The minimum Gasteiger partial charge on any atom is -0.459 e. The Morgan fingerprint density at radius 3 is 2.24 bits per heavy atom. The third kappa shape index (κ3) is 9.19. The van der Waals surface area contributed by atoms with Gasteiger partial charge in [0.1, 0.15) is 23.9 Å². The molecule has 2 fully saturated rings. The summed E-state index contributed by atoms with van der Waals surface area (Å²) in [7, 11) is -3.25. The first kappa shape index (κ1) is 42.6. The fourth-order valence-corrected chi connectivity index (χ4v) is 8.58. The topological polar surface area (TPSA) is 195 Å². The Kier molecular flexibility index (Phi) is 14.0. The fourth-order valence-electron chi connectivity index (χ4n) is 7.19. The van der Waals surface area contributed by atoms with Crippen molar-refractivity contribution in [2.45, 2.75) is 146 Å². The summed E-state index contributed by atoms with van der Waals surface area (Å²) in [6.45, 7) is 12.9. The van der Waals surface area contributed by atoms with Gasteiger partial charge in [-0.05, 0) is 84.5 Å². The number of esters is 1. The van der Waals surface area contributed by atoms with Crippen molar-refractivity contribution in [2.75, 3.05) is 13.6 Å². The number of halogens is 2. The molecule has 3 rings (SSSR count). The van der Waals surface area contributed by atoms with Gasteiger partial charge in [0.15, 0.2) is 17.9 Å². The highest BCUT2D eigenvalue weighted by atomic mass is 32.2. The lowest BCUT2D eigenvalue weighted by Gasteiger charge is -2.46. The highest BCUT2D eigenvalue weighted by molar-refractivity contribution is 7.89. The lowest BCUT2D eigenvalue weighted by molar-refractivity contribution is -0.297. The molecule has 2 aliphatic heterocycles. The first-order chi connectivity index (χ1) is 23.0. The predicted octanol–water partition coefficient (Wildman–Crippen LogP) is 1.67. The molecule has 2 aliphatic rings. The van der Waals surface area contributed by atoms with E-state index in [0.717, 1.165) is 10.4 Å². The monoisotopic (exact) mass is 738 g/mol. The van der Waals surface area contributed by atoms with Crippen LogP contribution < -0.4 is 5.32 Å². The van der Waals surface area contributed by atoms with Crippen LogP contribution >= 0.6 is 0 Å². The van der Waals surface area contributed by atoms with Crippen LogP contribution in [0.3, 0.4) is 0 Å². The van der Waals surface area contributed by atoms with Crippen molar-refractivity contribution in [3.05, 3.63) is 29.8 Å². The summed E-state index contributed by atoms with van der Waals surface area (Å²) in [6.07, 6.45) is -8.93. The standard InChI is InChI=1S/C34H56F2N2O11S/c1-10-26-34(8,44)29(41)21(6)37-16-17(2)15-33(7,43)30(19(4)27(39)20(5)31(42)48-26)49-32-28(40)25(13-18(3)47-32)38(9)50(45,46)22-11-12-23(35)24(36)14-22/h11-12,14,17-21,25-30,32,37,39-41,43-44H,10,13,15-16H2,1-9H3/t17-,18-,19+,20-,21-,25+,26-,27+,28-,29-,30-,32+,33-,34-/m1/s1. The van der Waals surface area contributed by atoms with Gasteiger partial charge in [-0.3, -0.25) is 4.79 Å². The number of nitrogens with zero attached hydrogens (tertiary/aromatic N) is 1. The molecule has 0 radical (unpaired) electrons. The molecule has 0 aromatic heterocycles. The molecule has 14 atom stereocenters. The summed E-state index contributed by atoms with van der Waals surface area (Å²) in [5, 5.41) is 60.5. The van der Waals surface area contributed by atoms with E-state index in [-0.39, 0.29) is 31.7 Å². The number of likely N-dealkylation sites (N-methyl/N-ethyl adjacent to an activating group) is 1. The molecule has 0 saturated carbocycles. The van der Waals surface area contributed by atoms with Gasteiger partial charge < -0.3 is 45.1 Å². The highest BCUT2D eigenvalue weighted by Crippen LogP contribution is 2.37. The zero-order valence-corrected chi connectivity index (χ0v) is 31.1. The van der Waals surface area contributed by atoms with Gasteiger partial charge in [0.25, 0.3) is 0 Å². The minimum absolute atomic E-state index is 0.00232. The van der Waals surface area contributed by atoms with Gasteiger partial charge in [-0.1, -0.05) is 20.8 Å². The van der Waals surface area contributed by atoms with E-state index in [1.807, 2.05) is 6.92 Å². The average molecular weight is 739 g/mol. The molecule has 1 aromatic rings. The first-order valence-corrected chi connectivity index (χ1v) is 18.6. The van der Waals surface area contributed by atoms with Crippen LogP contribution in [0.1, 0.15) is 74.7 Å². The zero-order valence-electron chi connectivity index (χ0n) is 30.3. The van der Waals surface area contributed by atoms with Crippen LogP contribution in [-0.2, 0) is 29.0 Å². The minimum atomic E-state index is -4.44. The van der Waals surface area contributed by atoms with Gasteiger partial charge in [-0.2, -0.15) is 4.31 Å². The van der Waals surface area contributed by atoms with Gasteiger partial charge in [0, 0.05) is 19.0 Å². The molecular formula is C34H56F2N2O11S. The van der Waals surface area contributed by atoms with Gasteiger partial charge in [0.05, 0.1) is 40.8 Å². The van der Waals surface area contributed by atoms with Crippen molar-refractivity contribution in [1.29, 1.82) is 0 Å². The van der Waals surface area contributed by atoms with E-state index < -0.39 is 111 Å². The van der Waals surface area contributed by atoms with Gasteiger partial charge in [-0.15, -0.1) is 0 Å². The normalized spacial score (nSPS) is 41.7. The molecular weight excluding hydrogens is 682 g/mol. The first-order valence-electron chi connectivity index (χ1n) is 17.1. The largest absolute Gasteiger partial charge is 0.459 e. The number of hydrogen-bond acceptors (Lipinski definition) is 12. The molecule has 2 heterocycles. The molecule has 13 nitrogen and oxygen atoms in total. The molecule has 2 saturated heterocycles. The quantitative estimate of drug-likeness (QED) is 0.232. The van der Waals surface area contributed by atoms with Gasteiger partial charge in [-0.25, -0.2) is 17.2 Å². The lowest BCUT2D eigenvalue weighted by atomic mass is 9.78. The van der Waals surface area contributed by atoms with Crippen LogP contribution in [0, 0.1) is 29.4 Å². The number of benzene rings is 1. The van der Waals surface area contributed by atoms with Crippen molar-refractivity contribution in [3.63, 3.8) is 0 Å². The summed E-state index contributed by atoms with van der Waals surface area (Å²) in [5.74, 6) is -5.94. The van der Waals surface area contributed by atoms with Crippen LogP contribution in [0.5, 0.6) is 0 Å². The van der Waals surface area contributed by atoms with Crippen molar-refractivity contribution >= 4 is 16.0 Å². The zero-order chi connectivity index (χ0) is 38.1. The van der Waals surface area contributed by atoms with Crippen LogP contribution in [0.2, 0.25) is 0 Å². The number of nitrogens with one attached hydrogen (secondary N) is 1. The Hall–Kier alpha value is -1.86. The number of rotatable bonds is 6. The van der Waals surface area contributed by atoms with E-state index >= 15 is 0 Å². The van der Waals surface area contributed by atoms with Crippen LogP contribution in [0.25, 0.3) is 0 Å². The fraction of sp³-hybridized carbons (Fsp3) is 0.794. The summed E-state index contributed by atoms with van der Waals surface area (Å²) in [5.41, 5.74) is -3.59. The Labute approximate surface area is 294 Å². The Morgan fingerprint density at radius 2 is 1.66 bits per heavy atom. The number of cyclic esters (lactones) is 1. The smallest absolute Gasteiger partial charge is 0.311 e. The molecule has 288 valence electrons. The number of sulfonamides is 1. The van der Waals surface area contributed by atoms with Crippen LogP contribution in [-0.4, -0.2) is 124 Å². The van der Waals surface area contributed by atoms with Crippen molar-refractivity contribution in [3.8, 4) is 0 Å². The van der Waals surface area contributed by atoms with E-state index in [2.05, 4.69) is 5.32 Å². The van der Waals surface area contributed by atoms with Crippen molar-refractivity contribution < 1.29 is 61.7 Å². The average Bonchev–Trinajstić information content (AvgIpc) is 3.04. The molecule has 0 spiro atoms. The Balaban J connectivity index is 1.99. The van der Waals surface area contributed by atoms with Crippen LogP contribution in [0.15, 0.2) is 23.1 Å². The van der Waals surface area contributed by atoms with E-state index in [1.165, 1.54) is 27.8 Å². The van der Waals surface area contributed by atoms with E-state index in [4.69, 9.17) is 14.2 Å². The molecule has 0 unspecified atom stereocenters. The second-order valence-corrected chi connectivity index (χ2v) is 16.8. The summed E-state index contributed by atoms with van der Waals surface area (Å²) in [6, 6.07) is 0.328. The molecule has 0 amide bonds. The number of hydrogen-bond donors (Lipinski definition) is 6. The molecule has 6 N–H and O–H groups in total. The third-order valence-electron chi connectivity index (χ3n) is 10.3. The van der Waals surface area contributed by atoms with E-state index in [9.17, 15) is 47.5 Å². The van der Waals surface area contributed by atoms with Crippen molar-refractivity contribution in [2.24, 2.45) is 17.8 Å². The third-order valence-corrected chi connectivity index (χ3v) is 12.2. The number of aliphatic hydroxyl groups excluding tert-OH is 3. The molecule has 0 aliphatic carbocycles. The Bertz CT molecular complexity index is 1420. The number of aliphatic hydroxyl groups is 5. The Morgan fingerprint density at radius 1 is 1.04 bits per heavy atom. The summed E-state index contributed by atoms with van der Waals surface area (Å²) < 4.78 is 73.2. The number of carbonyl (C=O) groups excluding carboxylic acids is 1. The van der Waals surface area contributed by atoms with Crippen molar-refractivity contribution in [1.82, 2.24) is 9.62 Å². The van der Waals surface area contributed by atoms with Gasteiger partial charge in [0.2, 0.25) is 10.0 Å². The molecule has 50 heavy (non-hydrogen) atoms. The molecule has 1 aromatic carbocycles. The maximum absolute atomic E-state index is 14.0. The SMILES string of the molecule is CC[C@H]1OC(=O)[C@H](C)[C@@H](O)[C@H](C)[C@@H](O[C@@H]2O[C@H](C)C[C@H](N(C)S(=O)(=O)c3ccc(F)c(F)c3)[C@H]2O)[C@](C)(O)C[C@@H](C)CN[C@H](C)[C@@H](O)[C@]1(C)O. The van der Waals surface area contributed by atoms with Crippen LogP contribution in [0.4, 0.5) is 8.78 Å².